The summed E-state index contributed by atoms with van der Waals surface area (Å²) in [6, 6.07) is 6.24. The number of carbonyl (C=O) groups is 3. The highest BCUT2D eigenvalue weighted by atomic mass is 16.5. The smallest absolute Gasteiger partial charge is 0.310 e. The van der Waals surface area contributed by atoms with E-state index < -0.39 is 17.8 Å². The van der Waals surface area contributed by atoms with Gasteiger partial charge in [0.2, 0.25) is 0 Å². The van der Waals surface area contributed by atoms with Crippen molar-refractivity contribution in [2.75, 3.05) is 19.7 Å². The van der Waals surface area contributed by atoms with Gasteiger partial charge in [-0.05, 0) is 24.3 Å². The highest BCUT2D eigenvalue weighted by Crippen LogP contribution is 2.20. The topological polar surface area (TPSA) is 110 Å². The number of carboxylic acid groups (broad SMARTS) is 1. The molecule has 0 spiro atoms. The Balaban J connectivity index is 1.92. The van der Waals surface area contributed by atoms with E-state index in [0.717, 1.165) is 0 Å². The molecule has 1 aliphatic rings. The Kier molecular flexibility index (Phi) is 3.88. The van der Waals surface area contributed by atoms with Crippen LogP contribution in [0.25, 0.3) is 0 Å². The van der Waals surface area contributed by atoms with Crippen molar-refractivity contribution in [1.29, 1.82) is 0 Å². The molecule has 1 heterocycles. The van der Waals surface area contributed by atoms with E-state index in [1.165, 1.54) is 4.90 Å². The van der Waals surface area contributed by atoms with E-state index in [9.17, 15) is 14.4 Å². The molecule has 1 fully saturated rings. The largest absolute Gasteiger partial charge is 0.484 e. The summed E-state index contributed by atoms with van der Waals surface area (Å²) in [6.07, 6.45) is 0. The fourth-order valence-electron chi connectivity index (χ4n) is 1.83. The van der Waals surface area contributed by atoms with Crippen LogP contribution in [0.5, 0.6) is 5.75 Å². The summed E-state index contributed by atoms with van der Waals surface area (Å²) in [5, 5.41) is 8.75. The van der Waals surface area contributed by atoms with Gasteiger partial charge in [0.1, 0.15) is 5.75 Å². The van der Waals surface area contributed by atoms with Crippen molar-refractivity contribution in [1.82, 2.24) is 4.90 Å². The Morgan fingerprint density at radius 2 is 1.85 bits per heavy atom. The summed E-state index contributed by atoms with van der Waals surface area (Å²) in [5.74, 6) is -1.72. The van der Waals surface area contributed by atoms with Crippen molar-refractivity contribution in [3.63, 3.8) is 0 Å². The lowest BCUT2D eigenvalue weighted by Crippen LogP contribution is -2.53. The third kappa shape index (κ3) is 3.05. The van der Waals surface area contributed by atoms with Gasteiger partial charge in [0, 0.05) is 18.7 Å². The molecule has 7 nitrogen and oxygen atoms in total. The first kappa shape index (κ1) is 13.9. The van der Waals surface area contributed by atoms with Gasteiger partial charge in [-0.1, -0.05) is 0 Å². The highest BCUT2D eigenvalue weighted by Gasteiger charge is 2.35. The predicted octanol–water partition coefficient (Wildman–Crippen LogP) is -0.293. The molecule has 2 amide bonds. The molecule has 0 radical (unpaired) electrons. The van der Waals surface area contributed by atoms with Gasteiger partial charge in [0.05, 0.1) is 5.92 Å². The second kappa shape index (κ2) is 5.60. The van der Waals surface area contributed by atoms with Crippen molar-refractivity contribution >= 4 is 17.8 Å². The van der Waals surface area contributed by atoms with E-state index in [4.69, 9.17) is 15.6 Å². The van der Waals surface area contributed by atoms with Crippen molar-refractivity contribution in [2.45, 2.75) is 0 Å². The van der Waals surface area contributed by atoms with Crippen LogP contribution >= 0.6 is 0 Å². The van der Waals surface area contributed by atoms with Crippen LogP contribution in [0.1, 0.15) is 10.4 Å². The summed E-state index contributed by atoms with van der Waals surface area (Å²) in [6.45, 7) is 0.238. The quantitative estimate of drug-likeness (QED) is 0.768. The Labute approximate surface area is 114 Å². The van der Waals surface area contributed by atoms with Crippen LogP contribution in [0.3, 0.4) is 0 Å². The molecule has 0 saturated carbocycles. The number of ether oxygens (including phenoxy) is 1. The minimum Gasteiger partial charge on any atom is -0.484 e. The predicted molar refractivity (Wildman–Crippen MR) is 68.2 cm³/mol. The second-order valence-electron chi connectivity index (χ2n) is 4.52. The van der Waals surface area contributed by atoms with Crippen molar-refractivity contribution in [3.05, 3.63) is 29.8 Å². The van der Waals surface area contributed by atoms with Crippen LogP contribution in [0, 0.1) is 5.92 Å². The number of nitrogens with zero attached hydrogens (tertiary/aromatic N) is 1. The maximum Gasteiger partial charge on any atom is 0.310 e. The number of hydrogen-bond acceptors (Lipinski definition) is 4. The Morgan fingerprint density at radius 3 is 2.35 bits per heavy atom. The molecular weight excluding hydrogens is 264 g/mol. The van der Waals surface area contributed by atoms with Crippen LogP contribution in [-0.2, 0) is 9.59 Å². The Hall–Kier alpha value is -2.57. The van der Waals surface area contributed by atoms with Gasteiger partial charge >= 0.3 is 5.97 Å². The SMILES string of the molecule is NC(=O)COc1ccc(C(=O)N2CC(C(=O)O)C2)cc1. The zero-order valence-electron chi connectivity index (χ0n) is 10.6. The fourth-order valence-corrected chi connectivity index (χ4v) is 1.83. The van der Waals surface area contributed by atoms with Crippen LogP contribution < -0.4 is 10.5 Å². The number of nitrogens with two attached hydrogens (primary N) is 1. The summed E-state index contributed by atoms with van der Waals surface area (Å²) in [7, 11) is 0. The van der Waals surface area contributed by atoms with Crippen LogP contribution in [0.4, 0.5) is 0 Å². The Bertz CT molecular complexity index is 534. The number of hydrogen-bond donors (Lipinski definition) is 2. The van der Waals surface area contributed by atoms with Crippen molar-refractivity contribution < 1.29 is 24.2 Å². The molecule has 20 heavy (non-hydrogen) atoms. The molecule has 0 bridgehead atoms. The number of likely N-dealkylation sites (tertiary alicyclic amines) is 1. The molecule has 0 atom stereocenters. The van der Waals surface area contributed by atoms with Gasteiger partial charge < -0.3 is 20.5 Å². The van der Waals surface area contributed by atoms with Gasteiger partial charge in [0.25, 0.3) is 11.8 Å². The molecule has 7 heteroatoms. The average molecular weight is 278 g/mol. The van der Waals surface area contributed by atoms with Gasteiger partial charge in [-0.15, -0.1) is 0 Å². The monoisotopic (exact) mass is 278 g/mol. The standard InChI is InChI=1S/C13H14N2O5/c14-11(16)7-20-10-3-1-8(2-4-10)12(17)15-5-9(6-15)13(18)19/h1-4,9H,5-7H2,(H2,14,16)(H,18,19). The lowest BCUT2D eigenvalue weighted by atomic mass is 9.99. The minimum absolute atomic E-state index is 0.219. The van der Waals surface area contributed by atoms with Crippen LogP contribution in [0.15, 0.2) is 24.3 Å². The number of primary amides is 1. The molecule has 106 valence electrons. The molecule has 0 aliphatic carbocycles. The first-order chi connectivity index (χ1) is 9.47. The summed E-state index contributed by atoms with van der Waals surface area (Å²) in [4.78, 5) is 34.7. The number of amides is 2. The van der Waals surface area contributed by atoms with E-state index in [1.807, 2.05) is 0 Å². The lowest BCUT2D eigenvalue weighted by Gasteiger charge is -2.36. The molecule has 0 aromatic heterocycles. The molecule has 1 saturated heterocycles. The van der Waals surface area contributed by atoms with Crippen LogP contribution in [-0.4, -0.2) is 47.5 Å². The van der Waals surface area contributed by atoms with Gasteiger partial charge in [-0.3, -0.25) is 14.4 Å². The van der Waals surface area contributed by atoms with E-state index in [-0.39, 0.29) is 25.6 Å². The van der Waals surface area contributed by atoms with Gasteiger partial charge in [0.15, 0.2) is 6.61 Å². The zero-order chi connectivity index (χ0) is 14.7. The molecule has 0 unspecified atom stereocenters. The first-order valence-corrected chi connectivity index (χ1v) is 6.00. The molecular formula is C13H14N2O5. The van der Waals surface area contributed by atoms with Gasteiger partial charge in [-0.2, -0.15) is 0 Å². The Morgan fingerprint density at radius 1 is 1.25 bits per heavy atom. The van der Waals surface area contributed by atoms with Gasteiger partial charge in [-0.25, -0.2) is 0 Å². The van der Waals surface area contributed by atoms with E-state index in [1.54, 1.807) is 24.3 Å². The van der Waals surface area contributed by atoms with E-state index in [0.29, 0.717) is 11.3 Å². The fraction of sp³-hybridized carbons (Fsp3) is 0.308. The summed E-state index contributed by atoms with van der Waals surface area (Å²) < 4.78 is 5.07. The molecule has 1 aliphatic heterocycles. The average Bonchev–Trinajstić information content (AvgIpc) is 2.34. The first-order valence-electron chi connectivity index (χ1n) is 6.00. The van der Waals surface area contributed by atoms with E-state index in [2.05, 4.69) is 0 Å². The molecule has 3 N–H and O–H groups in total. The maximum atomic E-state index is 12.0. The highest BCUT2D eigenvalue weighted by molar-refractivity contribution is 5.95. The third-order valence-electron chi connectivity index (χ3n) is 3.00. The number of benzene rings is 1. The van der Waals surface area contributed by atoms with Crippen molar-refractivity contribution in [3.8, 4) is 5.75 Å². The summed E-state index contributed by atoms with van der Waals surface area (Å²) in [5.41, 5.74) is 5.39. The maximum absolute atomic E-state index is 12.0. The number of rotatable bonds is 5. The molecule has 1 aromatic carbocycles. The molecule has 1 aromatic rings. The third-order valence-corrected chi connectivity index (χ3v) is 3.00. The van der Waals surface area contributed by atoms with Crippen LogP contribution in [0.2, 0.25) is 0 Å². The summed E-state index contributed by atoms with van der Waals surface area (Å²) >= 11 is 0. The lowest BCUT2D eigenvalue weighted by molar-refractivity contribution is -0.146. The normalized spacial score (nSPS) is 14.5. The number of aliphatic carboxylic acids is 1. The number of carbonyl (C=O) groups excluding carboxylic acids is 2. The molecule has 2 rings (SSSR count). The number of carboxylic acids is 1. The second-order valence-corrected chi connectivity index (χ2v) is 4.52. The minimum atomic E-state index is -0.885. The van der Waals surface area contributed by atoms with E-state index >= 15 is 0 Å². The van der Waals surface area contributed by atoms with Crippen molar-refractivity contribution in [2.24, 2.45) is 11.7 Å². The zero-order valence-corrected chi connectivity index (χ0v) is 10.6.